The first-order valence-electron chi connectivity index (χ1n) is 7.85. The summed E-state index contributed by atoms with van der Waals surface area (Å²) >= 11 is 5.40. The highest BCUT2D eigenvalue weighted by Crippen LogP contribution is 2.20. The van der Waals surface area contributed by atoms with E-state index < -0.39 is 0 Å². The lowest BCUT2D eigenvalue weighted by molar-refractivity contribution is 0.686. The summed E-state index contributed by atoms with van der Waals surface area (Å²) in [5.41, 5.74) is 4.20. The van der Waals surface area contributed by atoms with Gasteiger partial charge in [-0.15, -0.1) is 0 Å². The number of aromatic nitrogens is 7. The Morgan fingerprint density at radius 1 is 1.08 bits per heavy atom. The number of nitrogens with one attached hydrogen (secondary N) is 1. The molecule has 0 saturated carbocycles. The van der Waals surface area contributed by atoms with Crippen LogP contribution in [0, 0.1) is 11.7 Å². The van der Waals surface area contributed by atoms with Crippen molar-refractivity contribution in [3.63, 3.8) is 0 Å². The monoisotopic (exact) mass is 351 g/mol. The van der Waals surface area contributed by atoms with Gasteiger partial charge in [-0.1, -0.05) is 29.8 Å². The third-order valence-corrected chi connectivity index (χ3v) is 4.25. The van der Waals surface area contributed by atoms with E-state index in [1.54, 1.807) is 17.1 Å². The SMILES string of the molecule is Cc1ccc(Cn2cc(-n3c(-c4cnn(C)c4)n[nH]c3=S)cn2)cc1. The molecule has 25 heavy (non-hydrogen) atoms. The van der Waals surface area contributed by atoms with Crippen molar-refractivity contribution in [2.24, 2.45) is 7.05 Å². The molecule has 4 rings (SSSR count). The molecule has 126 valence electrons. The zero-order valence-electron chi connectivity index (χ0n) is 13.9. The summed E-state index contributed by atoms with van der Waals surface area (Å²) in [4.78, 5) is 0. The van der Waals surface area contributed by atoms with Crippen LogP contribution in [0.2, 0.25) is 0 Å². The van der Waals surface area contributed by atoms with Gasteiger partial charge in [-0.05, 0) is 24.7 Å². The van der Waals surface area contributed by atoms with Gasteiger partial charge in [0.1, 0.15) is 0 Å². The van der Waals surface area contributed by atoms with Crippen LogP contribution < -0.4 is 0 Å². The van der Waals surface area contributed by atoms with Crippen LogP contribution in [0.4, 0.5) is 0 Å². The maximum Gasteiger partial charge on any atom is 0.200 e. The standard InChI is InChI=1S/C17H17N7S/c1-12-3-5-13(6-4-12)9-23-11-15(8-19-23)24-16(20-21-17(24)25)14-7-18-22(2)10-14/h3-8,10-11H,9H2,1-2H3,(H,21,25). The molecule has 3 heterocycles. The van der Waals surface area contributed by atoms with Crippen LogP contribution in [-0.2, 0) is 13.6 Å². The molecule has 0 radical (unpaired) electrons. The fraction of sp³-hybridized carbons (Fsp3) is 0.176. The second-order valence-corrected chi connectivity index (χ2v) is 6.36. The first-order chi connectivity index (χ1) is 12.1. The summed E-state index contributed by atoms with van der Waals surface area (Å²) < 4.78 is 6.01. The predicted molar refractivity (Wildman–Crippen MR) is 97.0 cm³/mol. The van der Waals surface area contributed by atoms with Crippen LogP contribution in [0.5, 0.6) is 0 Å². The van der Waals surface area contributed by atoms with Crippen LogP contribution in [0.15, 0.2) is 49.1 Å². The molecule has 0 unspecified atom stereocenters. The average Bonchev–Trinajstić information content (AvgIpc) is 3.30. The van der Waals surface area contributed by atoms with E-state index in [0.717, 1.165) is 11.3 Å². The Kier molecular flexibility index (Phi) is 3.81. The highest BCUT2D eigenvalue weighted by atomic mass is 32.1. The molecule has 0 atom stereocenters. The third-order valence-electron chi connectivity index (χ3n) is 3.98. The third kappa shape index (κ3) is 3.03. The van der Waals surface area contributed by atoms with Gasteiger partial charge < -0.3 is 0 Å². The Bertz CT molecular complexity index is 1070. The molecule has 0 saturated heterocycles. The van der Waals surface area contributed by atoms with E-state index in [1.807, 2.05) is 28.7 Å². The van der Waals surface area contributed by atoms with Gasteiger partial charge in [0, 0.05) is 19.4 Å². The summed E-state index contributed by atoms with van der Waals surface area (Å²) in [7, 11) is 1.87. The summed E-state index contributed by atoms with van der Waals surface area (Å²) in [6.07, 6.45) is 7.42. The van der Waals surface area contributed by atoms with E-state index in [9.17, 15) is 0 Å². The highest BCUT2D eigenvalue weighted by Gasteiger charge is 2.13. The molecule has 3 aromatic heterocycles. The molecule has 0 bridgehead atoms. The fourth-order valence-corrected chi connectivity index (χ4v) is 2.94. The number of nitrogens with zero attached hydrogens (tertiary/aromatic N) is 6. The molecular weight excluding hydrogens is 334 g/mol. The van der Waals surface area contributed by atoms with Crippen LogP contribution in [-0.4, -0.2) is 34.3 Å². The Morgan fingerprint density at radius 3 is 2.60 bits per heavy atom. The smallest absolute Gasteiger partial charge is 0.200 e. The van der Waals surface area contributed by atoms with Crippen molar-refractivity contribution >= 4 is 12.2 Å². The van der Waals surface area contributed by atoms with Crippen molar-refractivity contribution in [2.75, 3.05) is 0 Å². The van der Waals surface area contributed by atoms with Gasteiger partial charge in [0.2, 0.25) is 0 Å². The normalized spacial score (nSPS) is 11.1. The number of hydrogen-bond donors (Lipinski definition) is 1. The molecule has 0 amide bonds. The first kappa shape index (κ1) is 15.5. The quantitative estimate of drug-likeness (QED) is 0.574. The number of aryl methyl sites for hydroxylation is 2. The lowest BCUT2D eigenvalue weighted by atomic mass is 10.1. The average molecular weight is 351 g/mol. The van der Waals surface area contributed by atoms with Crippen molar-refractivity contribution < 1.29 is 0 Å². The number of benzene rings is 1. The van der Waals surface area contributed by atoms with Gasteiger partial charge in [0.15, 0.2) is 10.6 Å². The zero-order chi connectivity index (χ0) is 17.4. The van der Waals surface area contributed by atoms with Gasteiger partial charge in [-0.3, -0.25) is 19.0 Å². The molecule has 7 nitrogen and oxygen atoms in total. The summed E-state index contributed by atoms with van der Waals surface area (Å²) in [5.74, 6) is 0.716. The first-order valence-corrected chi connectivity index (χ1v) is 8.26. The van der Waals surface area contributed by atoms with Gasteiger partial charge in [0.05, 0.1) is 30.2 Å². The Balaban J connectivity index is 1.67. The number of H-pyrrole nitrogens is 1. The highest BCUT2D eigenvalue weighted by molar-refractivity contribution is 7.71. The maximum absolute atomic E-state index is 5.40. The Labute approximate surface area is 149 Å². The summed E-state index contributed by atoms with van der Waals surface area (Å²) in [5, 5.41) is 15.8. The van der Waals surface area contributed by atoms with Crippen LogP contribution in [0.25, 0.3) is 17.1 Å². The van der Waals surface area contributed by atoms with Gasteiger partial charge in [-0.2, -0.15) is 15.3 Å². The lowest BCUT2D eigenvalue weighted by Crippen LogP contribution is -2.00. The Hall–Kier alpha value is -3.00. The minimum atomic E-state index is 0.522. The predicted octanol–water partition coefficient (Wildman–Crippen LogP) is 2.88. The molecule has 1 aromatic carbocycles. The molecule has 4 aromatic rings. The van der Waals surface area contributed by atoms with Crippen molar-refractivity contribution in [3.05, 3.63) is 65.0 Å². The number of aromatic amines is 1. The van der Waals surface area contributed by atoms with Crippen LogP contribution in [0.3, 0.4) is 0 Å². The van der Waals surface area contributed by atoms with Crippen molar-refractivity contribution in [3.8, 4) is 17.1 Å². The second kappa shape index (κ2) is 6.14. The van der Waals surface area contributed by atoms with Crippen molar-refractivity contribution in [1.29, 1.82) is 0 Å². The zero-order valence-corrected chi connectivity index (χ0v) is 14.7. The number of hydrogen-bond acceptors (Lipinski definition) is 4. The minimum Gasteiger partial charge on any atom is -0.275 e. The summed E-state index contributed by atoms with van der Waals surface area (Å²) in [6.45, 7) is 2.78. The minimum absolute atomic E-state index is 0.522. The molecule has 8 heteroatoms. The van der Waals surface area contributed by atoms with Crippen LogP contribution >= 0.6 is 12.2 Å². The molecule has 0 aliphatic rings. The molecule has 0 spiro atoms. The summed E-state index contributed by atoms with van der Waals surface area (Å²) in [6, 6.07) is 8.43. The van der Waals surface area contributed by atoms with E-state index in [1.165, 1.54) is 11.1 Å². The number of rotatable bonds is 4. The van der Waals surface area contributed by atoms with E-state index in [4.69, 9.17) is 12.2 Å². The van der Waals surface area contributed by atoms with E-state index in [2.05, 4.69) is 51.6 Å². The van der Waals surface area contributed by atoms with E-state index in [-0.39, 0.29) is 0 Å². The van der Waals surface area contributed by atoms with E-state index in [0.29, 0.717) is 17.1 Å². The molecule has 0 aliphatic carbocycles. The Morgan fingerprint density at radius 2 is 1.88 bits per heavy atom. The van der Waals surface area contributed by atoms with Crippen molar-refractivity contribution in [2.45, 2.75) is 13.5 Å². The molecule has 1 N–H and O–H groups in total. The molecule has 0 aliphatic heterocycles. The molecular formula is C17H17N7S. The van der Waals surface area contributed by atoms with Crippen molar-refractivity contribution in [1.82, 2.24) is 34.3 Å². The fourth-order valence-electron chi connectivity index (χ4n) is 2.70. The van der Waals surface area contributed by atoms with E-state index >= 15 is 0 Å². The topological polar surface area (TPSA) is 69.2 Å². The maximum atomic E-state index is 5.40. The van der Waals surface area contributed by atoms with Gasteiger partial charge >= 0.3 is 0 Å². The second-order valence-electron chi connectivity index (χ2n) is 5.97. The van der Waals surface area contributed by atoms with Gasteiger partial charge in [0.25, 0.3) is 0 Å². The van der Waals surface area contributed by atoms with Gasteiger partial charge in [-0.25, -0.2) is 0 Å². The van der Waals surface area contributed by atoms with Crippen LogP contribution in [0.1, 0.15) is 11.1 Å². The largest absolute Gasteiger partial charge is 0.275 e. The molecule has 0 fully saturated rings. The lowest BCUT2D eigenvalue weighted by Gasteiger charge is -2.03.